The second-order valence-corrected chi connectivity index (χ2v) is 5.20. The Labute approximate surface area is 120 Å². The van der Waals surface area contributed by atoms with E-state index in [9.17, 15) is 10.0 Å². The SMILES string of the molecule is COc1ccc(B(O)O)c(CN(C)C2CCOCC2)c1. The lowest BCUT2D eigenvalue weighted by Crippen LogP contribution is -2.39. The average Bonchev–Trinajstić information content (AvgIpc) is 2.47. The van der Waals surface area contributed by atoms with Gasteiger partial charge in [0.2, 0.25) is 0 Å². The van der Waals surface area contributed by atoms with Gasteiger partial charge in [0.15, 0.2) is 0 Å². The average molecular weight is 279 g/mol. The number of hydrogen-bond donors (Lipinski definition) is 2. The molecule has 2 rings (SSSR count). The molecule has 1 fully saturated rings. The van der Waals surface area contributed by atoms with Gasteiger partial charge in [-0.3, -0.25) is 4.90 Å². The molecule has 1 aromatic rings. The van der Waals surface area contributed by atoms with Crippen LogP contribution < -0.4 is 10.2 Å². The Morgan fingerprint density at radius 2 is 2.05 bits per heavy atom. The molecule has 0 unspecified atom stereocenters. The Balaban J connectivity index is 2.13. The van der Waals surface area contributed by atoms with E-state index in [2.05, 4.69) is 11.9 Å². The summed E-state index contributed by atoms with van der Waals surface area (Å²) in [6.45, 7) is 2.25. The molecule has 1 saturated heterocycles. The van der Waals surface area contributed by atoms with Crippen molar-refractivity contribution in [1.82, 2.24) is 4.90 Å². The van der Waals surface area contributed by atoms with E-state index in [1.165, 1.54) is 0 Å². The molecule has 0 bridgehead atoms. The minimum absolute atomic E-state index is 0.471. The minimum atomic E-state index is -1.46. The Hall–Kier alpha value is -1.08. The fraction of sp³-hybridized carbons (Fsp3) is 0.571. The molecular formula is C14H22BNO4. The number of benzene rings is 1. The lowest BCUT2D eigenvalue weighted by atomic mass is 9.76. The number of rotatable bonds is 5. The van der Waals surface area contributed by atoms with E-state index in [0.717, 1.165) is 37.4 Å². The standard InChI is InChI=1S/C14H22BNO4/c1-16(12-5-7-20-8-6-12)10-11-9-13(19-2)3-4-14(11)15(17)18/h3-4,9,12,17-18H,5-8,10H2,1-2H3. The summed E-state index contributed by atoms with van der Waals surface area (Å²) in [5.41, 5.74) is 1.41. The van der Waals surface area contributed by atoms with Crippen molar-refractivity contribution in [3.05, 3.63) is 23.8 Å². The van der Waals surface area contributed by atoms with Gasteiger partial charge in [-0.05, 0) is 43.0 Å². The van der Waals surface area contributed by atoms with Crippen molar-refractivity contribution in [2.45, 2.75) is 25.4 Å². The van der Waals surface area contributed by atoms with Crippen LogP contribution in [0.3, 0.4) is 0 Å². The van der Waals surface area contributed by atoms with Gasteiger partial charge >= 0.3 is 7.12 Å². The summed E-state index contributed by atoms with van der Waals surface area (Å²) in [6, 6.07) is 5.78. The van der Waals surface area contributed by atoms with Crippen molar-refractivity contribution in [2.75, 3.05) is 27.4 Å². The van der Waals surface area contributed by atoms with Crippen LogP contribution in [0.2, 0.25) is 0 Å². The van der Waals surface area contributed by atoms with Crippen LogP contribution in [0.25, 0.3) is 0 Å². The molecule has 1 heterocycles. The molecule has 0 aromatic heterocycles. The maximum Gasteiger partial charge on any atom is 0.488 e. The van der Waals surface area contributed by atoms with E-state index in [1.54, 1.807) is 19.2 Å². The Morgan fingerprint density at radius 1 is 1.35 bits per heavy atom. The summed E-state index contributed by atoms with van der Waals surface area (Å²) in [7, 11) is 2.21. The third kappa shape index (κ3) is 3.73. The molecule has 0 amide bonds. The summed E-state index contributed by atoms with van der Waals surface area (Å²) >= 11 is 0. The molecule has 0 radical (unpaired) electrons. The quantitative estimate of drug-likeness (QED) is 0.742. The Morgan fingerprint density at radius 3 is 2.65 bits per heavy atom. The van der Waals surface area contributed by atoms with Crippen LogP contribution in [0.4, 0.5) is 0 Å². The molecule has 0 atom stereocenters. The number of ether oxygens (including phenoxy) is 2. The van der Waals surface area contributed by atoms with E-state index in [0.29, 0.717) is 18.0 Å². The van der Waals surface area contributed by atoms with Crippen LogP contribution >= 0.6 is 0 Å². The smallest absolute Gasteiger partial charge is 0.488 e. The van der Waals surface area contributed by atoms with Gasteiger partial charge in [0, 0.05) is 25.8 Å². The molecule has 110 valence electrons. The minimum Gasteiger partial charge on any atom is -0.497 e. The first-order valence-corrected chi connectivity index (χ1v) is 6.92. The van der Waals surface area contributed by atoms with Crippen molar-refractivity contribution in [3.63, 3.8) is 0 Å². The monoisotopic (exact) mass is 279 g/mol. The zero-order chi connectivity index (χ0) is 14.5. The predicted octanol–water partition coefficient (Wildman–Crippen LogP) is -0.0142. The normalized spacial score (nSPS) is 16.4. The molecular weight excluding hydrogens is 257 g/mol. The zero-order valence-corrected chi connectivity index (χ0v) is 12.1. The van der Waals surface area contributed by atoms with E-state index in [4.69, 9.17) is 9.47 Å². The van der Waals surface area contributed by atoms with E-state index in [-0.39, 0.29) is 0 Å². The zero-order valence-electron chi connectivity index (χ0n) is 12.1. The predicted molar refractivity (Wildman–Crippen MR) is 78.1 cm³/mol. The molecule has 1 aliphatic rings. The highest BCUT2D eigenvalue weighted by atomic mass is 16.5. The number of hydrogen-bond acceptors (Lipinski definition) is 5. The van der Waals surface area contributed by atoms with Crippen molar-refractivity contribution >= 4 is 12.6 Å². The van der Waals surface area contributed by atoms with Crippen LogP contribution in [-0.2, 0) is 11.3 Å². The van der Waals surface area contributed by atoms with Gasteiger partial charge in [-0.1, -0.05) is 6.07 Å². The Kier molecular flexibility index (Phi) is 5.42. The van der Waals surface area contributed by atoms with Gasteiger partial charge in [0.25, 0.3) is 0 Å². The second-order valence-electron chi connectivity index (χ2n) is 5.20. The molecule has 5 nitrogen and oxygen atoms in total. The van der Waals surface area contributed by atoms with Crippen molar-refractivity contribution in [3.8, 4) is 5.75 Å². The van der Waals surface area contributed by atoms with Gasteiger partial charge in [0.1, 0.15) is 5.75 Å². The maximum atomic E-state index is 9.47. The largest absolute Gasteiger partial charge is 0.497 e. The third-order valence-corrected chi connectivity index (χ3v) is 3.86. The van der Waals surface area contributed by atoms with E-state index >= 15 is 0 Å². The van der Waals surface area contributed by atoms with Gasteiger partial charge < -0.3 is 19.5 Å². The van der Waals surface area contributed by atoms with E-state index in [1.807, 2.05) is 6.07 Å². The first-order valence-electron chi connectivity index (χ1n) is 6.92. The van der Waals surface area contributed by atoms with Crippen molar-refractivity contribution in [1.29, 1.82) is 0 Å². The number of nitrogens with zero attached hydrogens (tertiary/aromatic N) is 1. The first-order chi connectivity index (χ1) is 9.61. The summed E-state index contributed by atoms with van der Waals surface area (Å²) in [4.78, 5) is 2.24. The fourth-order valence-electron chi connectivity index (χ4n) is 2.62. The van der Waals surface area contributed by atoms with Gasteiger partial charge in [-0.25, -0.2) is 0 Å². The van der Waals surface area contributed by atoms with Crippen LogP contribution in [0.1, 0.15) is 18.4 Å². The molecule has 0 spiro atoms. The van der Waals surface area contributed by atoms with Gasteiger partial charge in [-0.2, -0.15) is 0 Å². The lowest BCUT2D eigenvalue weighted by Gasteiger charge is -2.31. The third-order valence-electron chi connectivity index (χ3n) is 3.86. The fourth-order valence-corrected chi connectivity index (χ4v) is 2.62. The van der Waals surface area contributed by atoms with Crippen LogP contribution in [0.5, 0.6) is 5.75 Å². The molecule has 20 heavy (non-hydrogen) atoms. The highest BCUT2D eigenvalue weighted by Gasteiger charge is 2.22. The molecule has 1 aliphatic heterocycles. The highest BCUT2D eigenvalue weighted by molar-refractivity contribution is 6.59. The van der Waals surface area contributed by atoms with Gasteiger partial charge in [0.05, 0.1) is 7.11 Å². The van der Waals surface area contributed by atoms with Crippen molar-refractivity contribution < 1.29 is 19.5 Å². The van der Waals surface area contributed by atoms with E-state index < -0.39 is 7.12 Å². The van der Waals surface area contributed by atoms with Crippen LogP contribution in [0.15, 0.2) is 18.2 Å². The molecule has 2 N–H and O–H groups in total. The van der Waals surface area contributed by atoms with Crippen LogP contribution in [0, 0.1) is 0 Å². The topological polar surface area (TPSA) is 62.2 Å². The summed E-state index contributed by atoms with van der Waals surface area (Å²) in [5, 5.41) is 18.9. The lowest BCUT2D eigenvalue weighted by molar-refractivity contribution is 0.0407. The first kappa shape index (κ1) is 15.3. The van der Waals surface area contributed by atoms with Crippen molar-refractivity contribution in [2.24, 2.45) is 0 Å². The second kappa shape index (κ2) is 7.08. The summed E-state index contributed by atoms with van der Waals surface area (Å²) in [5.74, 6) is 0.727. The van der Waals surface area contributed by atoms with Crippen LogP contribution in [-0.4, -0.2) is 55.5 Å². The highest BCUT2D eigenvalue weighted by Crippen LogP contribution is 2.18. The molecule has 0 aliphatic carbocycles. The Bertz CT molecular complexity index is 435. The van der Waals surface area contributed by atoms with Gasteiger partial charge in [-0.15, -0.1) is 0 Å². The molecule has 6 heteroatoms. The molecule has 0 saturated carbocycles. The summed E-state index contributed by atoms with van der Waals surface area (Å²) < 4.78 is 10.6. The number of methoxy groups -OCH3 is 1. The maximum absolute atomic E-state index is 9.47. The summed E-state index contributed by atoms with van der Waals surface area (Å²) in [6.07, 6.45) is 2.02. The molecule has 1 aromatic carbocycles.